The van der Waals surface area contributed by atoms with Crippen LogP contribution in [-0.2, 0) is 11.3 Å². The Hall–Kier alpha value is -1.98. The Morgan fingerprint density at radius 3 is 2.55 bits per heavy atom. The van der Waals surface area contributed by atoms with Crippen LogP contribution in [0.25, 0.3) is 0 Å². The fourth-order valence-electron chi connectivity index (χ4n) is 1.87. The molecule has 0 saturated carbocycles. The van der Waals surface area contributed by atoms with Crippen molar-refractivity contribution in [2.24, 2.45) is 0 Å². The zero-order valence-electron chi connectivity index (χ0n) is 12.2. The van der Waals surface area contributed by atoms with Gasteiger partial charge in [-0.05, 0) is 36.3 Å². The van der Waals surface area contributed by atoms with Gasteiger partial charge in [-0.3, -0.25) is 0 Å². The summed E-state index contributed by atoms with van der Waals surface area (Å²) < 4.78 is 19.0. The summed E-state index contributed by atoms with van der Waals surface area (Å²) in [6.45, 7) is 1.93. The Morgan fingerprint density at radius 1 is 1.05 bits per heavy atom. The van der Waals surface area contributed by atoms with E-state index in [9.17, 15) is 4.39 Å². The average Bonchev–Trinajstić information content (AvgIpc) is 2.54. The fourth-order valence-corrected chi connectivity index (χ4v) is 2.08. The summed E-state index contributed by atoms with van der Waals surface area (Å²) in [4.78, 5) is 0. The molecule has 0 radical (unpaired) electrons. The normalized spacial score (nSPS) is 10.2. The van der Waals surface area contributed by atoms with Gasteiger partial charge < -0.3 is 15.4 Å². The summed E-state index contributed by atoms with van der Waals surface area (Å²) in [5, 5.41) is 6.27. The average molecular weight is 318 g/mol. The minimum atomic E-state index is -0.321. The van der Waals surface area contributed by atoms with Gasteiger partial charge in [0.15, 0.2) is 5.11 Å². The number of para-hydroxylation sites is 1. The molecule has 3 nitrogen and oxygen atoms in total. The van der Waals surface area contributed by atoms with Gasteiger partial charge in [-0.2, -0.15) is 0 Å². The maximum atomic E-state index is 13.4. The van der Waals surface area contributed by atoms with Crippen LogP contribution < -0.4 is 10.6 Å². The van der Waals surface area contributed by atoms with Gasteiger partial charge in [0.2, 0.25) is 0 Å². The number of anilines is 1. The summed E-state index contributed by atoms with van der Waals surface area (Å²) in [6, 6.07) is 16.5. The number of hydrogen-bond acceptors (Lipinski definition) is 2. The molecule has 0 spiro atoms. The van der Waals surface area contributed by atoms with E-state index in [-0.39, 0.29) is 5.82 Å². The second-order valence-electron chi connectivity index (χ2n) is 4.75. The molecule has 0 fully saturated rings. The molecule has 0 heterocycles. The van der Waals surface area contributed by atoms with Crippen LogP contribution in [0.2, 0.25) is 0 Å². The van der Waals surface area contributed by atoms with Gasteiger partial charge in [-0.1, -0.05) is 42.5 Å². The molecule has 0 saturated heterocycles. The molecule has 0 atom stereocenters. The van der Waals surface area contributed by atoms with Crippen molar-refractivity contribution in [2.45, 2.75) is 13.0 Å². The van der Waals surface area contributed by atoms with E-state index >= 15 is 0 Å². The van der Waals surface area contributed by atoms with Crippen molar-refractivity contribution in [1.82, 2.24) is 5.32 Å². The molecule has 2 aromatic carbocycles. The first kappa shape index (κ1) is 16.4. The topological polar surface area (TPSA) is 33.3 Å². The highest BCUT2D eigenvalue weighted by molar-refractivity contribution is 7.80. The summed E-state index contributed by atoms with van der Waals surface area (Å²) in [5.41, 5.74) is 1.53. The summed E-state index contributed by atoms with van der Waals surface area (Å²) in [7, 11) is 0. The minimum absolute atomic E-state index is 0.321. The van der Waals surface area contributed by atoms with Gasteiger partial charge in [0.1, 0.15) is 5.82 Å². The molecule has 0 aromatic heterocycles. The number of halogens is 1. The molecule has 0 aliphatic heterocycles. The monoisotopic (exact) mass is 318 g/mol. The van der Waals surface area contributed by atoms with Gasteiger partial charge >= 0.3 is 0 Å². The molecule has 0 unspecified atom stereocenters. The van der Waals surface area contributed by atoms with Gasteiger partial charge in [-0.15, -0.1) is 0 Å². The molecule has 0 amide bonds. The Bertz CT molecular complexity index is 592. The van der Waals surface area contributed by atoms with Crippen LogP contribution in [-0.4, -0.2) is 18.3 Å². The highest BCUT2D eigenvalue weighted by Crippen LogP contribution is 2.11. The van der Waals surface area contributed by atoms with Crippen molar-refractivity contribution < 1.29 is 9.13 Å². The Balaban J connectivity index is 1.57. The van der Waals surface area contributed by atoms with Gasteiger partial charge in [0.05, 0.1) is 12.3 Å². The predicted octanol–water partition coefficient (Wildman–Crippen LogP) is 3.72. The zero-order valence-corrected chi connectivity index (χ0v) is 13.0. The van der Waals surface area contributed by atoms with Crippen LogP contribution >= 0.6 is 12.2 Å². The number of hydrogen-bond donors (Lipinski definition) is 2. The van der Waals surface area contributed by atoms with E-state index in [4.69, 9.17) is 17.0 Å². The molecule has 2 rings (SSSR count). The van der Waals surface area contributed by atoms with Crippen LogP contribution in [0.4, 0.5) is 10.1 Å². The smallest absolute Gasteiger partial charge is 0.170 e. The van der Waals surface area contributed by atoms with Gasteiger partial charge in [0, 0.05) is 13.2 Å². The number of rotatable bonds is 7. The van der Waals surface area contributed by atoms with E-state index in [1.807, 2.05) is 30.3 Å². The second-order valence-corrected chi connectivity index (χ2v) is 5.16. The molecule has 2 N–H and O–H groups in total. The first-order chi connectivity index (χ1) is 10.8. The lowest BCUT2D eigenvalue weighted by Crippen LogP contribution is -2.30. The maximum absolute atomic E-state index is 13.4. The Morgan fingerprint density at radius 2 is 1.77 bits per heavy atom. The van der Waals surface area contributed by atoms with Gasteiger partial charge in [-0.25, -0.2) is 4.39 Å². The summed E-state index contributed by atoms with van der Waals surface area (Å²) in [6.07, 6.45) is 0.825. The van der Waals surface area contributed by atoms with Gasteiger partial charge in [0.25, 0.3) is 0 Å². The van der Waals surface area contributed by atoms with E-state index in [1.165, 1.54) is 6.07 Å². The van der Waals surface area contributed by atoms with Crippen molar-refractivity contribution in [2.75, 3.05) is 18.5 Å². The third-order valence-electron chi connectivity index (χ3n) is 2.98. The molecule has 22 heavy (non-hydrogen) atoms. The van der Waals surface area contributed by atoms with E-state index in [1.54, 1.807) is 18.2 Å². The van der Waals surface area contributed by atoms with Crippen LogP contribution in [0.15, 0.2) is 54.6 Å². The van der Waals surface area contributed by atoms with Crippen molar-refractivity contribution in [3.05, 3.63) is 66.0 Å². The molecular weight excluding hydrogens is 299 g/mol. The fraction of sp³-hybridized carbons (Fsp3) is 0.235. The van der Waals surface area contributed by atoms with Crippen molar-refractivity contribution in [3.8, 4) is 0 Å². The lowest BCUT2D eigenvalue weighted by molar-refractivity contribution is 0.119. The molecular formula is C17H19FN2OS. The quantitative estimate of drug-likeness (QED) is 0.602. The van der Waals surface area contributed by atoms with E-state index in [0.29, 0.717) is 30.6 Å². The first-order valence-corrected chi connectivity index (χ1v) is 7.57. The first-order valence-electron chi connectivity index (χ1n) is 7.17. The number of ether oxygens (including phenoxy) is 1. The SMILES string of the molecule is Fc1ccccc1NC(=S)NCCCOCc1ccccc1. The van der Waals surface area contributed by atoms with Crippen molar-refractivity contribution >= 4 is 23.0 Å². The number of nitrogens with one attached hydrogen (secondary N) is 2. The standard InChI is InChI=1S/C17H19FN2OS/c18-15-9-4-5-10-16(15)20-17(22)19-11-6-12-21-13-14-7-2-1-3-8-14/h1-5,7-10H,6,11-13H2,(H2,19,20,22). The maximum Gasteiger partial charge on any atom is 0.170 e. The summed E-state index contributed by atoms with van der Waals surface area (Å²) in [5.74, 6) is -0.321. The molecule has 2 aromatic rings. The highest BCUT2D eigenvalue weighted by Gasteiger charge is 2.02. The third-order valence-corrected chi connectivity index (χ3v) is 3.23. The van der Waals surface area contributed by atoms with Crippen LogP contribution in [0.3, 0.4) is 0 Å². The zero-order chi connectivity index (χ0) is 15.6. The van der Waals surface area contributed by atoms with Crippen molar-refractivity contribution in [1.29, 1.82) is 0 Å². The molecule has 116 valence electrons. The molecule has 5 heteroatoms. The second kappa shape index (κ2) is 9.12. The Kier molecular flexibility index (Phi) is 6.80. The van der Waals surface area contributed by atoms with E-state index < -0.39 is 0 Å². The summed E-state index contributed by atoms with van der Waals surface area (Å²) >= 11 is 5.12. The minimum Gasteiger partial charge on any atom is -0.377 e. The largest absolute Gasteiger partial charge is 0.377 e. The third kappa shape index (κ3) is 5.79. The molecule has 0 aliphatic carbocycles. The van der Waals surface area contributed by atoms with Crippen LogP contribution in [0, 0.1) is 5.82 Å². The van der Waals surface area contributed by atoms with E-state index in [2.05, 4.69) is 10.6 Å². The molecule has 0 bridgehead atoms. The number of benzene rings is 2. The predicted molar refractivity (Wildman–Crippen MR) is 91.3 cm³/mol. The van der Waals surface area contributed by atoms with Crippen LogP contribution in [0.1, 0.15) is 12.0 Å². The van der Waals surface area contributed by atoms with Crippen molar-refractivity contribution in [3.63, 3.8) is 0 Å². The van der Waals surface area contributed by atoms with Crippen LogP contribution in [0.5, 0.6) is 0 Å². The lowest BCUT2D eigenvalue weighted by atomic mass is 10.2. The Labute approximate surface area is 135 Å². The lowest BCUT2D eigenvalue weighted by Gasteiger charge is -2.11. The number of thiocarbonyl (C=S) groups is 1. The van der Waals surface area contributed by atoms with E-state index in [0.717, 1.165) is 12.0 Å². The molecule has 0 aliphatic rings. The highest BCUT2D eigenvalue weighted by atomic mass is 32.1.